The van der Waals surface area contributed by atoms with Gasteiger partial charge in [-0.15, -0.1) is 0 Å². The molecule has 1 aliphatic heterocycles. The molecule has 1 N–H and O–H groups in total. The van der Waals surface area contributed by atoms with Gasteiger partial charge in [-0.05, 0) is 43.7 Å². The SMILES string of the molecule is Cc1cccc(OCCNC(=O)C(C)N(c2ccc3c(c2)OCCO3)S(C)(=O)=O)c1. The van der Waals surface area contributed by atoms with Crippen LogP contribution in [0.25, 0.3) is 0 Å². The molecule has 2 aromatic carbocycles. The number of carbonyl (C=O) groups is 1. The van der Waals surface area contributed by atoms with E-state index in [4.69, 9.17) is 14.2 Å². The number of hydrogen-bond acceptors (Lipinski definition) is 6. The zero-order chi connectivity index (χ0) is 21.7. The molecule has 0 aromatic heterocycles. The number of fused-ring (bicyclic) bond motifs is 1. The molecule has 0 saturated carbocycles. The molecule has 2 aromatic rings. The Morgan fingerprint density at radius 2 is 1.90 bits per heavy atom. The predicted octanol–water partition coefficient (Wildman–Crippen LogP) is 2.12. The van der Waals surface area contributed by atoms with E-state index in [9.17, 15) is 13.2 Å². The van der Waals surface area contributed by atoms with Gasteiger partial charge in [-0.25, -0.2) is 8.42 Å². The normalized spacial score (nSPS) is 14.0. The number of carbonyl (C=O) groups excluding carboxylic acids is 1. The Balaban J connectivity index is 1.65. The first kappa shape index (κ1) is 21.8. The van der Waals surface area contributed by atoms with Crippen molar-refractivity contribution in [2.45, 2.75) is 19.9 Å². The summed E-state index contributed by atoms with van der Waals surface area (Å²) in [7, 11) is -3.72. The van der Waals surface area contributed by atoms with Crippen molar-refractivity contribution in [3.63, 3.8) is 0 Å². The summed E-state index contributed by atoms with van der Waals surface area (Å²) in [4.78, 5) is 12.6. The topological polar surface area (TPSA) is 94.2 Å². The van der Waals surface area contributed by atoms with Crippen molar-refractivity contribution >= 4 is 21.6 Å². The molecular formula is C21H26N2O6S. The van der Waals surface area contributed by atoms with E-state index in [1.807, 2.05) is 31.2 Å². The molecule has 8 nitrogen and oxygen atoms in total. The fourth-order valence-electron chi connectivity index (χ4n) is 3.17. The maximum absolute atomic E-state index is 12.6. The molecule has 1 unspecified atom stereocenters. The smallest absolute Gasteiger partial charge is 0.243 e. The van der Waals surface area contributed by atoms with Gasteiger partial charge < -0.3 is 19.5 Å². The number of ether oxygens (including phenoxy) is 3. The zero-order valence-corrected chi connectivity index (χ0v) is 18.1. The molecule has 0 fully saturated rings. The lowest BCUT2D eigenvalue weighted by Gasteiger charge is -2.29. The first-order chi connectivity index (χ1) is 14.3. The lowest BCUT2D eigenvalue weighted by Crippen LogP contribution is -2.48. The van der Waals surface area contributed by atoms with Gasteiger partial charge in [0, 0.05) is 6.07 Å². The molecule has 1 amide bonds. The van der Waals surface area contributed by atoms with Gasteiger partial charge in [0.1, 0.15) is 31.6 Å². The van der Waals surface area contributed by atoms with Gasteiger partial charge in [-0.2, -0.15) is 0 Å². The van der Waals surface area contributed by atoms with E-state index in [-0.39, 0.29) is 13.2 Å². The third-order valence-electron chi connectivity index (χ3n) is 4.53. The quantitative estimate of drug-likeness (QED) is 0.640. The lowest BCUT2D eigenvalue weighted by atomic mass is 10.2. The molecule has 0 spiro atoms. The molecule has 1 aliphatic rings. The van der Waals surface area contributed by atoms with Crippen molar-refractivity contribution < 1.29 is 27.4 Å². The monoisotopic (exact) mass is 434 g/mol. The summed E-state index contributed by atoms with van der Waals surface area (Å²) in [5.41, 5.74) is 1.41. The number of amides is 1. The number of sulfonamides is 1. The largest absolute Gasteiger partial charge is 0.492 e. The van der Waals surface area contributed by atoms with Gasteiger partial charge in [0.15, 0.2) is 11.5 Å². The standard InChI is InChI=1S/C21H26N2O6S/c1-15-5-4-6-18(13-15)27-10-9-22-21(24)16(2)23(30(3,25)26)17-7-8-19-20(14-17)29-12-11-28-19/h4-8,13-14,16H,9-12H2,1-3H3,(H,22,24). The average Bonchev–Trinajstić information content (AvgIpc) is 2.70. The van der Waals surface area contributed by atoms with Gasteiger partial charge in [-0.1, -0.05) is 12.1 Å². The summed E-state index contributed by atoms with van der Waals surface area (Å²) in [6.07, 6.45) is 1.06. The lowest BCUT2D eigenvalue weighted by molar-refractivity contribution is -0.121. The first-order valence-electron chi connectivity index (χ1n) is 9.62. The molecular weight excluding hydrogens is 408 g/mol. The minimum absolute atomic E-state index is 0.246. The Morgan fingerprint density at radius 1 is 1.17 bits per heavy atom. The highest BCUT2D eigenvalue weighted by Gasteiger charge is 2.30. The molecule has 1 heterocycles. The van der Waals surface area contributed by atoms with Crippen molar-refractivity contribution in [3.8, 4) is 17.2 Å². The first-order valence-corrected chi connectivity index (χ1v) is 11.5. The number of hydrogen-bond donors (Lipinski definition) is 1. The van der Waals surface area contributed by atoms with Crippen LogP contribution in [0.2, 0.25) is 0 Å². The van der Waals surface area contributed by atoms with Crippen molar-refractivity contribution in [1.29, 1.82) is 0 Å². The van der Waals surface area contributed by atoms with Crippen LogP contribution in [0.5, 0.6) is 17.2 Å². The summed E-state index contributed by atoms with van der Waals surface area (Å²) in [5, 5.41) is 2.73. The van der Waals surface area contributed by atoms with Crippen molar-refractivity contribution in [1.82, 2.24) is 5.32 Å². The van der Waals surface area contributed by atoms with E-state index in [1.165, 1.54) is 6.92 Å². The Hall–Kier alpha value is -2.94. The Labute approximate surface area is 176 Å². The molecule has 0 aliphatic carbocycles. The molecule has 0 bridgehead atoms. The molecule has 0 saturated heterocycles. The van der Waals surface area contributed by atoms with Gasteiger partial charge in [-0.3, -0.25) is 9.10 Å². The second-order valence-electron chi connectivity index (χ2n) is 7.02. The highest BCUT2D eigenvalue weighted by molar-refractivity contribution is 7.92. The van der Waals surface area contributed by atoms with E-state index >= 15 is 0 Å². The Morgan fingerprint density at radius 3 is 2.60 bits per heavy atom. The van der Waals surface area contributed by atoms with Gasteiger partial charge in [0.2, 0.25) is 15.9 Å². The van der Waals surface area contributed by atoms with Gasteiger partial charge >= 0.3 is 0 Å². The maximum Gasteiger partial charge on any atom is 0.243 e. The van der Waals surface area contributed by atoms with Crippen LogP contribution in [0, 0.1) is 6.92 Å². The van der Waals surface area contributed by atoms with Crippen LogP contribution in [0.15, 0.2) is 42.5 Å². The van der Waals surface area contributed by atoms with Crippen LogP contribution in [-0.2, 0) is 14.8 Å². The van der Waals surface area contributed by atoms with Crippen LogP contribution in [0.4, 0.5) is 5.69 Å². The van der Waals surface area contributed by atoms with E-state index in [0.29, 0.717) is 36.1 Å². The fourth-order valence-corrected chi connectivity index (χ4v) is 4.34. The minimum atomic E-state index is -3.72. The zero-order valence-electron chi connectivity index (χ0n) is 17.3. The van der Waals surface area contributed by atoms with Crippen LogP contribution >= 0.6 is 0 Å². The summed E-state index contributed by atoms with van der Waals surface area (Å²) in [5.74, 6) is 1.28. The number of anilines is 1. The second kappa shape index (κ2) is 9.25. The minimum Gasteiger partial charge on any atom is -0.492 e. The van der Waals surface area contributed by atoms with Crippen LogP contribution in [0.1, 0.15) is 12.5 Å². The highest BCUT2D eigenvalue weighted by Crippen LogP contribution is 2.35. The molecule has 162 valence electrons. The third kappa shape index (κ3) is 5.35. The van der Waals surface area contributed by atoms with E-state index in [1.54, 1.807) is 18.2 Å². The van der Waals surface area contributed by atoms with Crippen LogP contribution in [-0.4, -0.2) is 53.0 Å². The highest BCUT2D eigenvalue weighted by atomic mass is 32.2. The van der Waals surface area contributed by atoms with Crippen molar-refractivity contribution in [2.24, 2.45) is 0 Å². The number of nitrogens with one attached hydrogen (secondary N) is 1. The number of rotatable bonds is 8. The van der Waals surface area contributed by atoms with E-state index < -0.39 is 22.0 Å². The van der Waals surface area contributed by atoms with Gasteiger partial charge in [0.05, 0.1) is 18.5 Å². The second-order valence-corrected chi connectivity index (χ2v) is 8.88. The number of benzene rings is 2. The van der Waals surface area contributed by atoms with Gasteiger partial charge in [0.25, 0.3) is 0 Å². The summed E-state index contributed by atoms with van der Waals surface area (Å²) in [6, 6.07) is 11.4. The van der Waals surface area contributed by atoms with Crippen LogP contribution < -0.4 is 23.8 Å². The molecule has 0 radical (unpaired) electrons. The van der Waals surface area contributed by atoms with Crippen LogP contribution in [0.3, 0.4) is 0 Å². The summed E-state index contributed by atoms with van der Waals surface area (Å²) >= 11 is 0. The maximum atomic E-state index is 12.6. The third-order valence-corrected chi connectivity index (χ3v) is 5.77. The molecule has 9 heteroatoms. The van der Waals surface area contributed by atoms with E-state index in [0.717, 1.165) is 16.1 Å². The molecule has 1 atom stereocenters. The molecule has 3 rings (SSSR count). The Bertz CT molecular complexity index is 1010. The van der Waals surface area contributed by atoms with Crippen molar-refractivity contribution in [2.75, 3.05) is 36.9 Å². The summed E-state index contributed by atoms with van der Waals surface area (Å²) < 4.78 is 42.6. The van der Waals surface area contributed by atoms with E-state index in [2.05, 4.69) is 5.32 Å². The summed E-state index contributed by atoms with van der Waals surface area (Å²) in [6.45, 7) is 4.83. The number of nitrogens with zero attached hydrogens (tertiary/aromatic N) is 1. The predicted molar refractivity (Wildman–Crippen MR) is 114 cm³/mol. The molecule has 30 heavy (non-hydrogen) atoms. The number of aryl methyl sites for hydroxylation is 1. The Kier molecular flexibility index (Phi) is 6.71. The average molecular weight is 435 g/mol. The fraction of sp³-hybridized carbons (Fsp3) is 0.381. The van der Waals surface area contributed by atoms with Crippen molar-refractivity contribution in [3.05, 3.63) is 48.0 Å².